The van der Waals surface area contributed by atoms with Crippen LogP contribution in [0.2, 0.25) is 0 Å². The van der Waals surface area contributed by atoms with Crippen LogP contribution < -0.4 is 15.2 Å². The number of hydrogen-bond acceptors (Lipinski definition) is 4. The summed E-state index contributed by atoms with van der Waals surface area (Å²) in [7, 11) is 0. The fourth-order valence-corrected chi connectivity index (χ4v) is 1.30. The molecule has 4 heteroatoms. The van der Waals surface area contributed by atoms with Gasteiger partial charge in [0.05, 0.1) is 6.61 Å². The van der Waals surface area contributed by atoms with Gasteiger partial charge in [-0.15, -0.1) is 0 Å². The van der Waals surface area contributed by atoms with Gasteiger partial charge >= 0.3 is 0 Å². The highest BCUT2D eigenvalue weighted by Crippen LogP contribution is 2.17. The number of hydrogen-bond donors (Lipinski definition) is 2. The average molecular weight is 239 g/mol. The van der Waals surface area contributed by atoms with Crippen LogP contribution >= 0.6 is 0 Å². The van der Waals surface area contributed by atoms with Crippen LogP contribution in [0.15, 0.2) is 24.3 Å². The summed E-state index contributed by atoms with van der Waals surface area (Å²) in [4.78, 5) is 0. The zero-order valence-electron chi connectivity index (χ0n) is 10.3. The van der Waals surface area contributed by atoms with E-state index >= 15 is 0 Å². The number of aliphatic hydroxyl groups excluding tert-OH is 1. The molecule has 17 heavy (non-hydrogen) atoms. The summed E-state index contributed by atoms with van der Waals surface area (Å²) in [5, 5.41) is 8.70. The van der Waals surface area contributed by atoms with Gasteiger partial charge in [-0.2, -0.15) is 0 Å². The monoisotopic (exact) mass is 239 g/mol. The molecule has 1 aromatic rings. The highest BCUT2D eigenvalue weighted by atomic mass is 16.5. The van der Waals surface area contributed by atoms with Crippen LogP contribution in [0.4, 0.5) is 0 Å². The Hall–Kier alpha value is -1.26. The predicted octanol–water partition coefficient (Wildman–Crippen LogP) is 1.56. The van der Waals surface area contributed by atoms with Crippen molar-refractivity contribution in [1.82, 2.24) is 0 Å². The summed E-state index contributed by atoms with van der Waals surface area (Å²) < 4.78 is 10.9. The number of nitrogens with two attached hydrogens (primary N) is 1. The summed E-state index contributed by atoms with van der Waals surface area (Å²) in [6.07, 6.45) is 1.55. The second-order valence-corrected chi connectivity index (χ2v) is 3.90. The first-order valence-corrected chi connectivity index (χ1v) is 5.98. The number of rotatable bonds is 8. The molecule has 1 atom stereocenters. The van der Waals surface area contributed by atoms with Crippen LogP contribution in [-0.2, 0) is 0 Å². The summed E-state index contributed by atoms with van der Waals surface area (Å²) >= 11 is 0. The first kappa shape index (κ1) is 13.8. The molecule has 0 heterocycles. The van der Waals surface area contributed by atoms with Crippen LogP contribution in [-0.4, -0.2) is 31.0 Å². The van der Waals surface area contributed by atoms with Crippen molar-refractivity contribution >= 4 is 0 Å². The van der Waals surface area contributed by atoms with Gasteiger partial charge in [0.25, 0.3) is 0 Å². The molecule has 4 nitrogen and oxygen atoms in total. The molecule has 0 aliphatic rings. The minimum atomic E-state index is -0.129. The molecule has 0 saturated carbocycles. The number of ether oxygens (including phenoxy) is 2. The van der Waals surface area contributed by atoms with E-state index in [1.165, 1.54) is 0 Å². The Morgan fingerprint density at radius 1 is 1.18 bits per heavy atom. The van der Waals surface area contributed by atoms with E-state index in [9.17, 15) is 0 Å². The van der Waals surface area contributed by atoms with Crippen molar-refractivity contribution in [2.45, 2.75) is 25.8 Å². The summed E-state index contributed by atoms with van der Waals surface area (Å²) in [5.74, 6) is 1.61. The number of aliphatic hydroxyl groups is 1. The molecule has 0 amide bonds. The van der Waals surface area contributed by atoms with Gasteiger partial charge in [0.15, 0.2) is 0 Å². The quantitative estimate of drug-likeness (QED) is 0.722. The lowest BCUT2D eigenvalue weighted by Crippen LogP contribution is -2.28. The highest BCUT2D eigenvalue weighted by molar-refractivity contribution is 5.31. The molecule has 0 radical (unpaired) electrons. The standard InChI is InChI=1S/C13H21NO3/c1-2-9-16-12-3-5-13(6-4-12)17-10-11(14)7-8-15/h3-6,11,15H,2,7-10,14H2,1H3. The van der Waals surface area contributed by atoms with Crippen molar-refractivity contribution in [3.63, 3.8) is 0 Å². The molecule has 0 spiro atoms. The van der Waals surface area contributed by atoms with E-state index in [1.54, 1.807) is 0 Å². The smallest absolute Gasteiger partial charge is 0.119 e. The lowest BCUT2D eigenvalue weighted by atomic mass is 10.2. The minimum absolute atomic E-state index is 0.0916. The minimum Gasteiger partial charge on any atom is -0.494 e. The van der Waals surface area contributed by atoms with E-state index in [0.29, 0.717) is 13.0 Å². The molecule has 0 bridgehead atoms. The third-order valence-electron chi connectivity index (χ3n) is 2.26. The molecule has 96 valence electrons. The fraction of sp³-hybridized carbons (Fsp3) is 0.538. The van der Waals surface area contributed by atoms with Gasteiger partial charge in [0.2, 0.25) is 0 Å². The summed E-state index contributed by atoms with van der Waals surface area (Å²) in [6, 6.07) is 7.34. The molecule has 0 aromatic heterocycles. The van der Waals surface area contributed by atoms with Crippen LogP contribution in [0.3, 0.4) is 0 Å². The van der Waals surface area contributed by atoms with Gasteiger partial charge in [-0.05, 0) is 37.1 Å². The Kier molecular flexibility index (Phi) is 6.43. The van der Waals surface area contributed by atoms with Crippen molar-refractivity contribution in [3.8, 4) is 11.5 Å². The van der Waals surface area contributed by atoms with Crippen LogP contribution in [0.5, 0.6) is 11.5 Å². The third kappa shape index (κ3) is 5.56. The zero-order chi connectivity index (χ0) is 12.5. The predicted molar refractivity (Wildman–Crippen MR) is 67.4 cm³/mol. The SMILES string of the molecule is CCCOc1ccc(OCC(N)CCO)cc1. The van der Waals surface area contributed by atoms with Crippen LogP contribution in [0.1, 0.15) is 19.8 Å². The van der Waals surface area contributed by atoms with Gasteiger partial charge in [0, 0.05) is 12.6 Å². The Morgan fingerprint density at radius 2 is 1.76 bits per heavy atom. The van der Waals surface area contributed by atoms with Crippen molar-refractivity contribution in [3.05, 3.63) is 24.3 Å². The zero-order valence-corrected chi connectivity index (χ0v) is 10.3. The third-order valence-corrected chi connectivity index (χ3v) is 2.26. The van der Waals surface area contributed by atoms with Crippen molar-refractivity contribution in [1.29, 1.82) is 0 Å². The summed E-state index contributed by atoms with van der Waals surface area (Å²) in [5.41, 5.74) is 5.72. The molecular formula is C13H21NO3. The molecule has 0 aliphatic heterocycles. The Bertz CT molecular complexity index is 300. The molecule has 3 N–H and O–H groups in total. The maximum absolute atomic E-state index is 8.70. The second kappa shape index (κ2) is 7.92. The highest BCUT2D eigenvalue weighted by Gasteiger charge is 2.02. The maximum atomic E-state index is 8.70. The first-order valence-electron chi connectivity index (χ1n) is 5.98. The Balaban J connectivity index is 2.34. The van der Waals surface area contributed by atoms with Crippen molar-refractivity contribution < 1.29 is 14.6 Å². The Morgan fingerprint density at radius 3 is 2.29 bits per heavy atom. The van der Waals surface area contributed by atoms with Crippen LogP contribution in [0, 0.1) is 0 Å². The number of benzene rings is 1. The van der Waals surface area contributed by atoms with E-state index < -0.39 is 0 Å². The molecule has 1 aromatic carbocycles. The molecule has 1 rings (SSSR count). The van der Waals surface area contributed by atoms with Crippen molar-refractivity contribution in [2.75, 3.05) is 19.8 Å². The maximum Gasteiger partial charge on any atom is 0.119 e. The van der Waals surface area contributed by atoms with E-state index in [-0.39, 0.29) is 12.6 Å². The molecule has 0 saturated heterocycles. The van der Waals surface area contributed by atoms with Gasteiger partial charge in [0.1, 0.15) is 18.1 Å². The first-order chi connectivity index (χ1) is 8.26. The topological polar surface area (TPSA) is 64.7 Å². The molecular weight excluding hydrogens is 218 g/mol. The van der Waals surface area contributed by atoms with E-state index in [4.69, 9.17) is 20.3 Å². The normalized spacial score (nSPS) is 12.2. The second-order valence-electron chi connectivity index (χ2n) is 3.90. The van der Waals surface area contributed by atoms with Gasteiger partial charge in [-0.25, -0.2) is 0 Å². The molecule has 0 aliphatic carbocycles. The van der Waals surface area contributed by atoms with Gasteiger partial charge < -0.3 is 20.3 Å². The summed E-state index contributed by atoms with van der Waals surface area (Å²) in [6.45, 7) is 3.30. The van der Waals surface area contributed by atoms with E-state index in [2.05, 4.69) is 6.92 Å². The van der Waals surface area contributed by atoms with E-state index in [0.717, 1.165) is 24.5 Å². The molecule has 1 unspecified atom stereocenters. The largest absolute Gasteiger partial charge is 0.494 e. The Labute approximate surface area is 102 Å². The lowest BCUT2D eigenvalue weighted by molar-refractivity contribution is 0.233. The van der Waals surface area contributed by atoms with Crippen molar-refractivity contribution in [2.24, 2.45) is 5.73 Å². The van der Waals surface area contributed by atoms with Gasteiger partial charge in [-0.1, -0.05) is 6.92 Å². The molecule has 0 fully saturated rings. The van der Waals surface area contributed by atoms with Gasteiger partial charge in [-0.3, -0.25) is 0 Å². The lowest BCUT2D eigenvalue weighted by Gasteiger charge is -2.12. The average Bonchev–Trinajstić information content (AvgIpc) is 2.35. The van der Waals surface area contributed by atoms with Crippen LogP contribution in [0.25, 0.3) is 0 Å². The van der Waals surface area contributed by atoms with E-state index in [1.807, 2.05) is 24.3 Å². The fourth-order valence-electron chi connectivity index (χ4n) is 1.30.